The highest BCUT2D eigenvalue weighted by molar-refractivity contribution is 5.78. The van der Waals surface area contributed by atoms with E-state index in [-0.39, 0.29) is 5.96 Å². The molecule has 0 aromatic carbocycles. The summed E-state index contributed by atoms with van der Waals surface area (Å²) in [6.07, 6.45) is 0. The van der Waals surface area contributed by atoms with E-state index in [1.807, 2.05) is 0 Å². The number of nitrogens with one attached hydrogen (secondary N) is 2. The van der Waals surface area contributed by atoms with Crippen LogP contribution in [-0.2, 0) is 0 Å². The molecule has 62 valence electrons. The Morgan fingerprint density at radius 3 is 2.64 bits per heavy atom. The summed E-state index contributed by atoms with van der Waals surface area (Å²) in [4.78, 5) is 9.76. The topological polar surface area (TPSA) is 108 Å². The number of hydrazine groups is 1. The molecule has 4 N–H and O–H groups in total. The van der Waals surface area contributed by atoms with Crippen molar-refractivity contribution in [3.05, 3.63) is 10.1 Å². The number of nitrogens with two attached hydrogens (primary N) is 1. The van der Waals surface area contributed by atoms with Crippen molar-refractivity contribution >= 4 is 11.7 Å². The van der Waals surface area contributed by atoms with Gasteiger partial charge in [0.05, 0.1) is 0 Å². The molecule has 0 aliphatic heterocycles. The number of hydrogen-bond donors (Lipinski definition) is 3. The van der Waals surface area contributed by atoms with E-state index in [4.69, 9.17) is 5.73 Å². The molecule has 0 radical (unpaired) electrons. The van der Waals surface area contributed by atoms with Gasteiger partial charge in [-0.15, -0.1) is 5.10 Å². The molecule has 7 nitrogen and oxygen atoms in total. The lowest BCUT2D eigenvalue weighted by Gasteiger charge is -1.85. The van der Waals surface area contributed by atoms with Gasteiger partial charge in [0.1, 0.15) is 0 Å². The highest BCUT2D eigenvalue weighted by atomic mass is 16.7. The number of hydrazone groups is 1. The Kier molecular flexibility index (Phi) is 3.57. The zero-order chi connectivity index (χ0) is 8.85. The maximum absolute atomic E-state index is 9.76. The molecule has 0 aliphatic rings. The van der Waals surface area contributed by atoms with Gasteiger partial charge >= 0.3 is 5.96 Å². The van der Waals surface area contributed by atoms with Gasteiger partial charge in [-0.3, -0.25) is 5.73 Å². The van der Waals surface area contributed by atoms with E-state index in [2.05, 4.69) is 10.2 Å². The van der Waals surface area contributed by atoms with Crippen LogP contribution < -0.4 is 16.3 Å². The minimum Gasteiger partial charge on any atom is -0.284 e. The molecular formula is C4H10N5O2+. The molecule has 0 aliphatic carbocycles. The van der Waals surface area contributed by atoms with Gasteiger partial charge in [0.25, 0.3) is 0 Å². The van der Waals surface area contributed by atoms with Gasteiger partial charge in [-0.1, -0.05) is 0 Å². The van der Waals surface area contributed by atoms with E-state index in [9.17, 15) is 10.1 Å². The molecule has 0 heterocycles. The second-order valence-corrected chi connectivity index (χ2v) is 1.95. The van der Waals surface area contributed by atoms with Crippen LogP contribution in [0.4, 0.5) is 0 Å². The third kappa shape index (κ3) is 6.22. The monoisotopic (exact) mass is 160 g/mol. The number of guanidine groups is 1. The minimum atomic E-state index is -0.775. The number of nitrogens with zero attached hydrogens (tertiary/aromatic N) is 2. The van der Waals surface area contributed by atoms with Crippen molar-refractivity contribution < 1.29 is 10.1 Å². The molecule has 7 heteroatoms. The molecule has 0 rings (SSSR count). The number of rotatable bonds is 2. The van der Waals surface area contributed by atoms with Crippen LogP contribution in [0.2, 0.25) is 0 Å². The van der Waals surface area contributed by atoms with Gasteiger partial charge < -0.3 is 0 Å². The van der Waals surface area contributed by atoms with Crippen LogP contribution in [0, 0.1) is 10.1 Å². The van der Waals surface area contributed by atoms with E-state index in [0.717, 1.165) is 5.71 Å². The molecule has 0 atom stereocenters. The Labute approximate surface area is 63.1 Å². The summed E-state index contributed by atoms with van der Waals surface area (Å²) in [6, 6.07) is 0. The van der Waals surface area contributed by atoms with E-state index < -0.39 is 5.03 Å². The van der Waals surface area contributed by atoms with Crippen molar-refractivity contribution in [2.75, 3.05) is 0 Å². The fourth-order valence-corrected chi connectivity index (χ4v) is 0.295. The average molecular weight is 160 g/mol. The summed E-state index contributed by atoms with van der Waals surface area (Å²) in [6.45, 7) is 3.46. The highest BCUT2D eigenvalue weighted by Crippen LogP contribution is 1.59. The van der Waals surface area contributed by atoms with E-state index in [1.54, 1.807) is 19.3 Å². The maximum Gasteiger partial charge on any atom is 0.427 e. The summed E-state index contributed by atoms with van der Waals surface area (Å²) in [5.74, 6) is -0.212. The molecule has 0 saturated carbocycles. The maximum atomic E-state index is 9.76. The molecule has 0 fully saturated rings. The van der Waals surface area contributed by atoms with Gasteiger partial charge in [0.15, 0.2) is 0 Å². The van der Waals surface area contributed by atoms with E-state index in [0.29, 0.717) is 0 Å². The Morgan fingerprint density at radius 2 is 2.27 bits per heavy atom. The van der Waals surface area contributed by atoms with Crippen LogP contribution in [0.1, 0.15) is 13.8 Å². The summed E-state index contributed by atoms with van der Waals surface area (Å²) < 4.78 is 0. The standard InChI is InChI=1S/C4H9N5O2/c1-3(2)6-7-4(5)8-9(10)11/h1-2H3,(H3,5,7,8)/p+1. The van der Waals surface area contributed by atoms with Crippen LogP contribution in [0.5, 0.6) is 0 Å². The van der Waals surface area contributed by atoms with Gasteiger partial charge in [0, 0.05) is 11.1 Å². The van der Waals surface area contributed by atoms with Crippen molar-refractivity contribution in [1.82, 2.24) is 5.43 Å². The van der Waals surface area contributed by atoms with Gasteiger partial charge in [-0.05, 0) is 13.8 Å². The molecule has 0 amide bonds. The second kappa shape index (κ2) is 4.20. The van der Waals surface area contributed by atoms with Crippen molar-refractivity contribution in [3.8, 4) is 0 Å². The third-order valence-electron chi connectivity index (χ3n) is 0.612. The Bertz CT molecular complexity index is 205. The molecule has 11 heavy (non-hydrogen) atoms. The van der Waals surface area contributed by atoms with Gasteiger partial charge in [-0.25, -0.2) is 10.1 Å². The fourth-order valence-electron chi connectivity index (χ4n) is 0.295. The lowest BCUT2D eigenvalue weighted by atomic mass is 10.5. The number of hydrogen-bond acceptors (Lipinski definition) is 3. The minimum absolute atomic E-state index is 0.212. The quantitative estimate of drug-likeness (QED) is 0.180. The smallest absolute Gasteiger partial charge is 0.284 e. The molecular weight excluding hydrogens is 150 g/mol. The largest absolute Gasteiger partial charge is 0.427 e. The Balaban J connectivity index is 4.02. The summed E-state index contributed by atoms with van der Waals surface area (Å²) in [7, 11) is 0. The van der Waals surface area contributed by atoms with Crippen molar-refractivity contribution in [2.45, 2.75) is 13.8 Å². The van der Waals surface area contributed by atoms with Crippen LogP contribution >= 0.6 is 0 Å². The first kappa shape index (κ1) is 9.34. The molecule has 0 saturated heterocycles. The second-order valence-electron chi connectivity index (χ2n) is 1.95. The van der Waals surface area contributed by atoms with Crippen molar-refractivity contribution in [1.29, 1.82) is 0 Å². The first-order valence-electron chi connectivity index (χ1n) is 2.82. The lowest BCUT2D eigenvalue weighted by molar-refractivity contribution is -0.548. The zero-order valence-corrected chi connectivity index (χ0v) is 6.29. The van der Waals surface area contributed by atoms with Gasteiger partial charge in [-0.2, -0.15) is 5.10 Å². The summed E-state index contributed by atoms with van der Waals surface area (Å²) >= 11 is 0. The highest BCUT2D eigenvalue weighted by Gasteiger charge is 2.04. The van der Waals surface area contributed by atoms with E-state index >= 15 is 0 Å². The molecule has 0 unspecified atom stereocenters. The van der Waals surface area contributed by atoms with Crippen molar-refractivity contribution in [2.24, 2.45) is 10.8 Å². The Morgan fingerprint density at radius 1 is 1.73 bits per heavy atom. The van der Waals surface area contributed by atoms with Crippen molar-refractivity contribution in [3.63, 3.8) is 0 Å². The third-order valence-corrected chi connectivity index (χ3v) is 0.612. The predicted octanol–water partition coefficient (Wildman–Crippen LogP) is -2.44. The zero-order valence-electron chi connectivity index (χ0n) is 6.29. The molecule has 0 spiro atoms. The predicted molar refractivity (Wildman–Crippen MR) is 39.1 cm³/mol. The average Bonchev–Trinajstić information content (AvgIpc) is 1.82. The van der Waals surface area contributed by atoms with Crippen LogP contribution in [0.3, 0.4) is 0 Å². The molecule has 0 aromatic heterocycles. The van der Waals surface area contributed by atoms with Crippen LogP contribution in [-0.4, -0.2) is 16.7 Å². The van der Waals surface area contributed by atoms with Crippen LogP contribution in [0.15, 0.2) is 5.10 Å². The Hall–Kier alpha value is -1.66. The fraction of sp³-hybridized carbons (Fsp3) is 0.500. The SMILES string of the molecule is CC(C)=N[NH+]=C(N)N[N+](=O)[O-]. The summed E-state index contributed by atoms with van der Waals surface area (Å²) in [5, 5.41) is 14.8. The first-order valence-corrected chi connectivity index (χ1v) is 2.82. The van der Waals surface area contributed by atoms with Crippen LogP contribution in [0.25, 0.3) is 0 Å². The van der Waals surface area contributed by atoms with Gasteiger partial charge in [0.2, 0.25) is 5.03 Å². The summed E-state index contributed by atoms with van der Waals surface area (Å²) in [5.41, 5.74) is 7.49. The van der Waals surface area contributed by atoms with E-state index in [1.165, 1.54) is 0 Å². The lowest BCUT2D eigenvalue weighted by Crippen LogP contribution is -2.74. The normalized spacial score (nSPS) is 10.5. The molecule has 0 aromatic rings. The number of nitro groups is 1. The molecule has 0 bridgehead atoms. The first-order chi connectivity index (χ1) is 5.02.